The minimum Gasteiger partial charge on any atom is -0.353 e. The monoisotopic (exact) mass is 461 g/mol. The zero-order chi connectivity index (χ0) is 23.2. The highest BCUT2D eigenvalue weighted by molar-refractivity contribution is 7.89. The lowest BCUT2D eigenvalue weighted by Gasteiger charge is -2.11. The number of nitrogens with one attached hydrogen (secondary N) is 3. The van der Waals surface area contributed by atoms with Gasteiger partial charge in [0.2, 0.25) is 15.9 Å². The van der Waals surface area contributed by atoms with Crippen molar-refractivity contribution < 1.29 is 35.6 Å². The molecule has 0 aliphatic heterocycles. The van der Waals surface area contributed by atoms with Gasteiger partial charge in [0, 0.05) is 18.7 Å². The summed E-state index contributed by atoms with van der Waals surface area (Å²) in [5.41, 5.74) is -0.649. The molecular formula is C19H19F4N3O4S. The molecule has 0 unspecified atom stereocenters. The van der Waals surface area contributed by atoms with E-state index in [2.05, 4.69) is 10.6 Å². The fourth-order valence-electron chi connectivity index (χ4n) is 2.36. The summed E-state index contributed by atoms with van der Waals surface area (Å²) in [6, 6.07) is 7.07. The summed E-state index contributed by atoms with van der Waals surface area (Å²) in [6.07, 6.45) is -4.71. The predicted molar refractivity (Wildman–Crippen MR) is 103 cm³/mol. The number of alkyl halides is 3. The molecule has 0 heterocycles. The molecule has 0 radical (unpaired) electrons. The Bertz CT molecular complexity index is 1070. The van der Waals surface area contributed by atoms with Crippen molar-refractivity contribution in [1.82, 2.24) is 15.4 Å². The number of sulfonamides is 1. The average molecular weight is 461 g/mol. The minimum atomic E-state index is -4.71. The number of hydrogen-bond acceptors (Lipinski definition) is 4. The quantitative estimate of drug-likeness (QED) is 0.413. The molecule has 0 aromatic heterocycles. The van der Waals surface area contributed by atoms with Gasteiger partial charge in [0.05, 0.1) is 17.0 Å². The first-order valence-electron chi connectivity index (χ1n) is 8.88. The lowest BCUT2D eigenvalue weighted by atomic mass is 10.1. The van der Waals surface area contributed by atoms with Gasteiger partial charge < -0.3 is 10.6 Å². The van der Waals surface area contributed by atoms with Crippen LogP contribution in [-0.2, 0) is 21.0 Å². The second kappa shape index (κ2) is 9.88. The molecule has 168 valence electrons. The van der Waals surface area contributed by atoms with Crippen LogP contribution in [0.5, 0.6) is 0 Å². The van der Waals surface area contributed by atoms with E-state index in [9.17, 15) is 35.6 Å². The Morgan fingerprint density at radius 2 is 1.68 bits per heavy atom. The van der Waals surface area contributed by atoms with Crippen LogP contribution in [0.15, 0.2) is 47.4 Å². The first kappa shape index (κ1) is 24.3. The van der Waals surface area contributed by atoms with E-state index >= 15 is 0 Å². The Kier molecular flexibility index (Phi) is 7.74. The molecule has 2 amide bonds. The zero-order valence-corrected chi connectivity index (χ0v) is 17.0. The average Bonchev–Trinajstić information content (AvgIpc) is 2.71. The Morgan fingerprint density at radius 3 is 2.32 bits per heavy atom. The molecule has 2 aromatic carbocycles. The van der Waals surface area contributed by atoms with Crippen molar-refractivity contribution in [2.24, 2.45) is 0 Å². The van der Waals surface area contributed by atoms with E-state index in [0.717, 1.165) is 24.3 Å². The standard InChI is InChI=1S/C19H19F4N3O4S/c1-12-5-6-13(9-16(12)20)18(28)25-8-7-24-17(27)11-26-31(29,30)15-4-2-3-14(10-15)19(21,22)23/h2-6,9-10,26H,7-8,11H2,1H3,(H,24,27)(H,25,28). The van der Waals surface area contributed by atoms with Crippen LogP contribution >= 0.6 is 0 Å². The van der Waals surface area contributed by atoms with Gasteiger partial charge in [0.25, 0.3) is 5.91 Å². The zero-order valence-electron chi connectivity index (χ0n) is 16.2. The maximum absolute atomic E-state index is 13.5. The molecule has 0 bridgehead atoms. The third kappa shape index (κ3) is 7.03. The van der Waals surface area contributed by atoms with Crippen LogP contribution in [-0.4, -0.2) is 39.9 Å². The van der Waals surface area contributed by atoms with E-state index in [1.165, 1.54) is 12.1 Å². The van der Waals surface area contributed by atoms with Crippen LogP contribution in [0.3, 0.4) is 0 Å². The van der Waals surface area contributed by atoms with Crippen LogP contribution < -0.4 is 15.4 Å². The molecule has 0 fully saturated rings. The highest BCUT2D eigenvalue weighted by Gasteiger charge is 2.31. The largest absolute Gasteiger partial charge is 0.416 e. The first-order chi connectivity index (χ1) is 14.4. The van der Waals surface area contributed by atoms with Gasteiger partial charge in [-0.25, -0.2) is 17.5 Å². The van der Waals surface area contributed by atoms with E-state index in [1.54, 1.807) is 6.92 Å². The van der Waals surface area contributed by atoms with Crippen molar-refractivity contribution in [3.8, 4) is 0 Å². The highest BCUT2D eigenvalue weighted by atomic mass is 32.2. The second-order valence-corrected chi connectivity index (χ2v) is 8.19. The summed E-state index contributed by atoms with van der Waals surface area (Å²) in [4.78, 5) is 23.0. The maximum Gasteiger partial charge on any atom is 0.416 e. The molecule has 0 aliphatic carbocycles. The van der Waals surface area contributed by atoms with Crippen molar-refractivity contribution >= 4 is 21.8 Å². The Morgan fingerprint density at radius 1 is 1.00 bits per heavy atom. The summed E-state index contributed by atoms with van der Waals surface area (Å²) >= 11 is 0. The molecule has 0 spiro atoms. The lowest BCUT2D eigenvalue weighted by Crippen LogP contribution is -2.40. The molecule has 2 rings (SSSR count). The first-order valence-corrected chi connectivity index (χ1v) is 10.4. The van der Waals surface area contributed by atoms with Gasteiger partial charge in [-0.2, -0.15) is 13.2 Å². The second-order valence-electron chi connectivity index (χ2n) is 6.42. The molecule has 7 nitrogen and oxygen atoms in total. The van der Waals surface area contributed by atoms with Gasteiger partial charge in [-0.05, 0) is 42.8 Å². The lowest BCUT2D eigenvalue weighted by molar-refractivity contribution is -0.137. The molecule has 0 atom stereocenters. The normalized spacial score (nSPS) is 11.8. The van der Waals surface area contributed by atoms with Crippen molar-refractivity contribution in [3.05, 3.63) is 65.0 Å². The third-order valence-corrected chi connectivity index (χ3v) is 5.46. The van der Waals surface area contributed by atoms with Gasteiger partial charge in [-0.1, -0.05) is 12.1 Å². The van der Waals surface area contributed by atoms with Crippen LogP contribution in [0, 0.1) is 12.7 Å². The Labute approximate surface area is 175 Å². The number of benzene rings is 2. The number of carbonyl (C=O) groups is 2. The van der Waals surface area contributed by atoms with E-state index in [4.69, 9.17) is 0 Å². The Balaban J connectivity index is 1.80. The molecule has 2 aromatic rings. The van der Waals surface area contributed by atoms with Gasteiger partial charge in [-0.3, -0.25) is 9.59 Å². The van der Waals surface area contributed by atoms with Gasteiger partial charge in [0.1, 0.15) is 5.82 Å². The maximum atomic E-state index is 13.5. The molecule has 3 N–H and O–H groups in total. The molecule has 0 aliphatic rings. The van der Waals surface area contributed by atoms with Crippen molar-refractivity contribution in [3.63, 3.8) is 0 Å². The van der Waals surface area contributed by atoms with Crippen molar-refractivity contribution in [1.29, 1.82) is 0 Å². The van der Waals surface area contributed by atoms with Crippen LogP contribution in [0.25, 0.3) is 0 Å². The number of hydrogen-bond donors (Lipinski definition) is 3. The van der Waals surface area contributed by atoms with Gasteiger partial charge >= 0.3 is 6.18 Å². The molecule has 0 saturated carbocycles. The molecule has 12 heteroatoms. The Hall–Kier alpha value is -2.99. The van der Waals surface area contributed by atoms with Gasteiger partial charge in [0.15, 0.2) is 0 Å². The smallest absolute Gasteiger partial charge is 0.353 e. The molecular weight excluding hydrogens is 442 g/mol. The van der Waals surface area contributed by atoms with Gasteiger partial charge in [-0.15, -0.1) is 0 Å². The number of aryl methyl sites for hydroxylation is 1. The minimum absolute atomic E-state index is 0.0134. The fourth-order valence-corrected chi connectivity index (χ4v) is 3.39. The SMILES string of the molecule is Cc1ccc(C(=O)NCCNC(=O)CNS(=O)(=O)c2cccc(C(F)(F)F)c2)cc1F. The predicted octanol–water partition coefficient (Wildman–Crippen LogP) is 1.98. The van der Waals surface area contributed by atoms with E-state index < -0.39 is 50.8 Å². The molecule has 0 saturated heterocycles. The van der Waals surface area contributed by atoms with Crippen LogP contribution in [0.1, 0.15) is 21.5 Å². The van der Waals surface area contributed by atoms with Crippen molar-refractivity contribution in [2.45, 2.75) is 18.0 Å². The number of rotatable bonds is 8. The van der Waals surface area contributed by atoms with Crippen LogP contribution in [0.4, 0.5) is 17.6 Å². The number of amides is 2. The summed E-state index contributed by atoms with van der Waals surface area (Å²) in [5.74, 6) is -1.85. The van der Waals surface area contributed by atoms with E-state index in [0.29, 0.717) is 11.6 Å². The van der Waals surface area contributed by atoms with E-state index in [1.807, 2.05) is 4.72 Å². The summed E-state index contributed by atoms with van der Waals surface area (Å²) in [6.45, 7) is 0.772. The topological polar surface area (TPSA) is 104 Å². The number of carbonyl (C=O) groups excluding carboxylic acids is 2. The fraction of sp³-hybridized carbons (Fsp3) is 0.263. The third-order valence-electron chi connectivity index (χ3n) is 4.06. The summed E-state index contributed by atoms with van der Waals surface area (Å²) < 4.78 is 77.7. The summed E-state index contributed by atoms with van der Waals surface area (Å²) in [5, 5.41) is 4.79. The van der Waals surface area contributed by atoms with Crippen LogP contribution in [0.2, 0.25) is 0 Å². The van der Waals surface area contributed by atoms with E-state index in [-0.39, 0.29) is 18.7 Å². The number of halogens is 4. The summed E-state index contributed by atoms with van der Waals surface area (Å²) in [7, 11) is -4.34. The molecule has 31 heavy (non-hydrogen) atoms. The van der Waals surface area contributed by atoms with Crippen molar-refractivity contribution in [2.75, 3.05) is 19.6 Å². The highest BCUT2D eigenvalue weighted by Crippen LogP contribution is 2.30.